The number of carbonyl (C=O) groups is 2. The maximum atomic E-state index is 13.4. The molecule has 32 heavy (non-hydrogen) atoms. The highest BCUT2D eigenvalue weighted by atomic mass is 32.1. The molecule has 0 aliphatic carbocycles. The monoisotopic (exact) mass is 461 g/mol. The molecule has 2 aromatic rings. The largest absolute Gasteiger partial charge is 0.491 e. The maximum absolute atomic E-state index is 13.4. The Balaban J connectivity index is 1.75. The van der Waals surface area contributed by atoms with Gasteiger partial charge in [-0.3, -0.25) is 4.79 Å². The molecule has 1 aromatic heterocycles. The van der Waals surface area contributed by atoms with Crippen molar-refractivity contribution in [2.45, 2.75) is 52.1 Å². The first-order valence-electron chi connectivity index (χ1n) is 11.2. The molecule has 6 nitrogen and oxygen atoms in total. The van der Waals surface area contributed by atoms with E-state index in [0.717, 1.165) is 24.8 Å². The van der Waals surface area contributed by atoms with E-state index in [2.05, 4.69) is 5.32 Å². The van der Waals surface area contributed by atoms with Crippen molar-refractivity contribution in [2.24, 2.45) is 0 Å². The summed E-state index contributed by atoms with van der Waals surface area (Å²) in [4.78, 5) is 30.8. The lowest BCUT2D eigenvalue weighted by Crippen LogP contribution is -2.52. The predicted octanol–water partition coefficient (Wildman–Crippen LogP) is 4.61. The number of urea groups is 1. The third-order valence-electron chi connectivity index (χ3n) is 5.85. The lowest BCUT2D eigenvalue weighted by atomic mass is 10.00. The van der Waals surface area contributed by atoms with E-state index in [0.29, 0.717) is 18.8 Å². The summed E-state index contributed by atoms with van der Waals surface area (Å²) in [6.45, 7) is 7.42. The van der Waals surface area contributed by atoms with Crippen LogP contribution in [-0.2, 0) is 11.2 Å². The van der Waals surface area contributed by atoms with Gasteiger partial charge in [0, 0.05) is 24.0 Å². The zero-order valence-electron chi connectivity index (χ0n) is 19.0. The number of carbonyl (C=O) groups excluding carboxylic acids is 2. The first-order valence-corrected chi connectivity index (χ1v) is 12.1. The second-order valence-electron chi connectivity index (χ2n) is 8.03. The van der Waals surface area contributed by atoms with Gasteiger partial charge in [-0.15, -0.1) is 11.3 Å². The fraction of sp³-hybridized carbons (Fsp3) is 0.500. The molecular formula is C24H32FN3O3S. The normalized spacial score (nSPS) is 16.2. The first kappa shape index (κ1) is 24.0. The number of ether oxygens (including phenoxy) is 1. The van der Waals surface area contributed by atoms with Crippen LogP contribution >= 0.6 is 11.3 Å². The van der Waals surface area contributed by atoms with Crippen molar-refractivity contribution in [1.29, 1.82) is 0 Å². The Morgan fingerprint density at radius 1 is 1.28 bits per heavy atom. The van der Waals surface area contributed by atoms with Crippen molar-refractivity contribution in [3.05, 3.63) is 52.0 Å². The molecule has 3 rings (SSSR count). The van der Waals surface area contributed by atoms with Crippen molar-refractivity contribution >= 4 is 23.3 Å². The molecule has 0 spiro atoms. The fourth-order valence-corrected chi connectivity index (χ4v) is 4.73. The standard InChI is InChI=1S/C24H32FN3O3S/c1-4-12-26-24(30)28(17(3)5-2)15-23(29)27-13-10-22-20(11-14-32-22)21(27)16-31-19-8-6-18(25)7-9-19/h6-9,11,14,17,21H,4-5,10,12-13,15-16H2,1-3H3,(H,26,30)/t17-,21-/m1/s1. The number of nitrogens with zero attached hydrogens (tertiary/aromatic N) is 2. The van der Waals surface area contributed by atoms with E-state index in [4.69, 9.17) is 4.74 Å². The minimum absolute atomic E-state index is 0.0249. The van der Waals surface area contributed by atoms with E-state index < -0.39 is 0 Å². The number of thiophene rings is 1. The molecule has 0 bridgehead atoms. The van der Waals surface area contributed by atoms with Crippen LogP contribution in [0.2, 0.25) is 0 Å². The second kappa shape index (κ2) is 11.3. The average molecular weight is 462 g/mol. The Labute approximate surface area is 193 Å². The summed E-state index contributed by atoms with van der Waals surface area (Å²) < 4.78 is 19.2. The summed E-state index contributed by atoms with van der Waals surface area (Å²) in [5.41, 5.74) is 1.09. The van der Waals surface area contributed by atoms with E-state index >= 15 is 0 Å². The molecule has 0 saturated carbocycles. The highest BCUT2D eigenvalue weighted by Gasteiger charge is 2.34. The Hall–Kier alpha value is -2.61. The molecule has 0 radical (unpaired) electrons. The quantitative estimate of drug-likeness (QED) is 0.593. The highest BCUT2D eigenvalue weighted by Crippen LogP contribution is 2.34. The van der Waals surface area contributed by atoms with Gasteiger partial charge >= 0.3 is 6.03 Å². The number of nitrogens with one attached hydrogen (secondary N) is 1. The Bertz CT molecular complexity index is 902. The molecule has 8 heteroatoms. The van der Waals surface area contributed by atoms with E-state index in [9.17, 15) is 14.0 Å². The number of amides is 3. The Kier molecular flexibility index (Phi) is 8.50. The fourth-order valence-electron chi connectivity index (χ4n) is 3.80. The van der Waals surface area contributed by atoms with Crippen molar-refractivity contribution in [2.75, 3.05) is 26.2 Å². The topological polar surface area (TPSA) is 61.9 Å². The van der Waals surface area contributed by atoms with E-state index in [-0.39, 0.29) is 43.0 Å². The van der Waals surface area contributed by atoms with Crippen molar-refractivity contribution in [3.8, 4) is 5.75 Å². The van der Waals surface area contributed by atoms with Gasteiger partial charge in [0.2, 0.25) is 5.91 Å². The van der Waals surface area contributed by atoms with Gasteiger partial charge in [-0.1, -0.05) is 13.8 Å². The number of rotatable bonds is 9. The summed E-state index contributed by atoms with van der Waals surface area (Å²) >= 11 is 1.69. The molecule has 174 valence electrons. The summed E-state index contributed by atoms with van der Waals surface area (Å²) in [6.07, 6.45) is 2.39. The predicted molar refractivity (Wildman–Crippen MR) is 125 cm³/mol. The van der Waals surface area contributed by atoms with Crippen LogP contribution in [0.3, 0.4) is 0 Å². The van der Waals surface area contributed by atoms with Gasteiger partial charge in [-0.2, -0.15) is 0 Å². The molecule has 2 atom stereocenters. The van der Waals surface area contributed by atoms with Gasteiger partial charge in [0.15, 0.2) is 0 Å². The van der Waals surface area contributed by atoms with Gasteiger partial charge in [0.05, 0.1) is 6.04 Å². The number of benzene rings is 1. The number of halogens is 1. The van der Waals surface area contributed by atoms with Crippen LogP contribution < -0.4 is 10.1 Å². The molecule has 0 saturated heterocycles. The molecule has 0 fully saturated rings. The van der Waals surface area contributed by atoms with Crippen LogP contribution in [0.25, 0.3) is 0 Å². The lowest BCUT2D eigenvalue weighted by molar-refractivity contribution is -0.135. The van der Waals surface area contributed by atoms with Crippen LogP contribution in [0.5, 0.6) is 5.75 Å². The molecule has 3 amide bonds. The van der Waals surface area contributed by atoms with Gasteiger partial charge in [0.25, 0.3) is 0 Å². The van der Waals surface area contributed by atoms with Gasteiger partial charge in [0.1, 0.15) is 24.7 Å². The second-order valence-corrected chi connectivity index (χ2v) is 9.03. The molecule has 1 aromatic carbocycles. The average Bonchev–Trinajstić information content (AvgIpc) is 3.29. The molecule has 1 aliphatic rings. The van der Waals surface area contributed by atoms with Crippen LogP contribution in [0.1, 0.15) is 50.1 Å². The van der Waals surface area contributed by atoms with E-state index in [1.807, 2.05) is 37.1 Å². The van der Waals surface area contributed by atoms with Crippen LogP contribution in [-0.4, -0.2) is 54.0 Å². The van der Waals surface area contributed by atoms with Gasteiger partial charge in [-0.25, -0.2) is 9.18 Å². The van der Waals surface area contributed by atoms with Gasteiger partial charge in [-0.05, 0) is 67.5 Å². The Morgan fingerprint density at radius 2 is 2.03 bits per heavy atom. The van der Waals surface area contributed by atoms with Crippen molar-refractivity contribution < 1.29 is 18.7 Å². The Morgan fingerprint density at radius 3 is 2.72 bits per heavy atom. The molecule has 1 N–H and O–H groups in total. The molecule has 1 aliphatic heterocycles. The third kappa shape index (κ3) is 5.79. The third-order valence-corrected chi connectivity index (χ3v) is 6.85. The van der Waals surface area contributed by atoms with E-state index in [1.165, 1.54) is 17.0 Å². The highest BCUT2D eigenvalue weighted by molar-refractivity contribution is 7.10. The van der Waals surface area contributed by atoms with Crippen LogP contribution in [0, 0.1) is 5.82 Å². The summed E-state index contributed by atoms with van der Waals surface area (Å²) in [5, 5.41) is 4.93. The molecule has 0 unspecified atom stereocenters. The van der Waals surface area contributed by atoms with Gasteiger partial charge < -0.3 is 19.9 Å². The summed E-state index contributed by atoms with van der Waals surface area (Å²) in [6, 6.07) is 7.41. The van der Waals surface area contributed by atoms with Crippen molar-refractivity contribution in [1.82, 2.24) is 15.1 Å². The SMILES string of the molecule is CCCNC(=O)N(CC(=O)N1CCc2sccc2[C@H]1COc1ccc(F)cc1)[C@H](C)CC. The summed E-state index contributed by atoms with van der Waals surface area (Å²) in [5.74, 6) is 0.140. The van der Waals surface area contributed by atoms with Crippen molar-refractivity contribution in [3.63, 3.8) is 0 Å². The van der Waals surface area contributed by atoms with E-state index in [1.54, 1.807) is 28.4 Å². The zero-order valence-corrected chi connectivity index (χ0v) is 19.8. The zero-order chi connectivity index (χ0) is 23.1. The first-order chi connectivity index (χ1) is 15.4. The minimum atomic E-state index is -0.321. The molecule has 2 heterocycles. The smallest absolute Gasteiger partial charge is 0.318 e. The molecular weight excluding hydrogens is 429 g/mol. The lowest BCUT2D eigenvalue weighted by Gasteiger charge is -2.38. The number of hydrogen-bond donors (Lipinski definition) is 1. The minimum Gasteiger partial charge on any atom is -0.491 e. The maximum Gasteiger partial charge on any atom is 0.318 e. The van der Waals surface area contributed by atoms with Crippen LogP contribution in [0.15, 0.2) is 35.7 Å². The number of hydrogen-bond acceptors (Lipinski definition) is 4. The number of fused-ring (bicyclic) bond motifs is 1. The van der Waals surface area contributed by atoms with Crippen LogP contribution in [0.4, 0.5) is 9.18 Å². The summed E-state index contributed by atoms with van der Waals surface area (Å²) in [7, 11) is 0.